The van der Waals surface area contributed by atoms with Crippen LogP contribution >= 0.6 is 0 Å². The molecule has 2 aromatic rings. The largest absolute Gasteiger partial charge is 0.473 e. The summed E-state index contributed by atoms with van der Waals surface area (Å²) in [6.45, 7) is 2.27. The normalized spacial score (nSPS) is 14.9. The summed E-state index contributed by atoms with van der Waals surface area (Å²) in [6.07, 6.45) is 6.25. The number of hydrogen-bond acceptors (Lipinski definition) is 6. The SMILES string of the molecule is COC(=O)c1ccc(OCc2c(C3CCCC3)noc2C)nc1. The Labute approximate surface area is 134 Å². The van der Waals surface area contributed by atoms with Crippen LogP contribution in [0.5, 0.6) is 5.88 Å². The zero-order valence-electron chi connectivity index (χ0n) is 13.4. The molecule has 0 unspecified atom stereocenters. The molecule has 0 radical (unpaired) electrons. The second kappa shape index (κ2) is 6.81. The molecule has 1 aliphatic carbocycles. The molecule has 1 saturated carbocycles. The van der Waals surface area contributed by atoms with E-state index in [4.69, 9.17) is 9.26 Å². The summed E-state index contributed by atoms with van der Waals surface area (Å²) in [5.41, 5.74) is 2.43. The maximum absolute atomic E-state index is 11.4. The van der Waals surface area contributed by atoms with E-state index in [-0.39, 0.29) is 0 Å². The summed E-state index contributed by atoms with van der Waals surface area (Å²) < 4.78 is 15.7. The minimum Gasteiger partial charge on any atom is -0.473 e. The lowest BCUT2D eigenvalue weighted by molar-refractivity contribution is 0.0600. The van der Waals surface area contributed by atoms with Gasteiger partial charge in [-0.05, 0) is 25.8 Å². The molecule has 0 aromatic carbocycles. The lowest BCUT2D eigenvalue weighted by Crippen LogP contribution is -2.05. The molecule has 2 aromatic heterocycles. The van der Waals surface area contributed by atoms with Gasteiger partial charge in [-0.25, -0.2) is 9.78 Å². The van der Waals surface area contributed by atoms with E-state index in [1.54, 1.807) is 12.1 Å². The van der Waals surface area contributed by atoms with Gasteiger partial charge in [0.15, 0.2) is 0 Å². The number of aromatic nitrogens is 2. The monoisotopic (exact) mass is 316 g/mol. The van der Waals surface area contributed by atoms with E-state index < -0.39 is 5.97 Å². The third kappa shape index (κ3) is 3.36. The van der Waals surface area contributed by atoms with Gasteiger partial charge < -0.3 is 14.0 Å². The van der Waals surface area contributed by atoms with Gasteiger partial charge in [-0.1, -0.05) is 18.0 Å². The molecule has 122 valence electrons. The molecule has 0 amide bonds. The molecule has 6 nitrogen and oxygen atoms in total. The smallest absolute Gasteiger partial charge is 0.339 e. The zero-order chi connectivity index (χ0) is 16.2. The van der Waals surface area contributed by atoms with Crippen molar-refractivity contribution < 1.29 is 18.8 Å². The van der Waals surface area contributed by atoms with Crippen LogP contribution in [0.1, 0.15) is 59.0 Å². The van der Waals surface area contributed by atoms with Crippen LogP contribution < -0.4 is 4.74 Å². The van der Waals surface area contributed by atoms with Crippen LogP contribution in [0, 0.1) is 6.92 Å². The van der Waals surface area contributed by atoms with Crippen molar-refractivity contribution in [2.45, 2.75) is 45.1 Å². The summed E-state index contributed by atoms with van der Waals surface area (Å²) in [5.74, 6) is 1.30. The topological polar surface area (TPSA) is 74.5 Å². The van der Waals surface area contributed by atoms with E-state index in [0.717, 1.165) is 29.9 Å². The number of nitrogens with zero attached hydrogens (tertiary/aromatic N) is 2. The molecular weight excluding hydrogens is 296 g/mol. The first kappa shape index (κ1) is 15.5. The number of carbonyl (C=O) groups is 1. The molecule has 0 atom stereocenters. The van der Waals surface area contributed by atoms with E-state index in [2.05, 4.69) is 14.9 Å². The van der Waals surface area contributed by atoms with Gasteiger partial charge in [0.25, 0.3) is 0 Å². The summed E-state index contributed by atoms with van der Waals surface area (Å²) in [7, 11) is 1.34. The maximum Gasteiger partial charge on any atom is 0.339 e. The van der Waals surface area contributed by atoms with E-state index in [0.29, 0.717) is 24.0 Å². The predicted octanol–water partition coefficient (Wildman–Crippen LogP) is 3.40. The molecule has 0 N–H and O–H groups in total. The second-order valence-corrected chi connectivity index (χ2v) is 5.75. The lowest BCUT2D eigenvalue weighted by atomic mass is 9.99. The second-order valence-electron chi connectivity index (χ2n) is 5.75. The number of aryl methyl sites for hydroxylation is 1. The van der Waals surface area contributed by atoms with Crippen LogP contribution in [0.3, 0.4) is 0 Å². The molecule has 6 heteroatoms. The molecule has 3 rings (SSSR count). The molecule has 2 heterocycles. The Morgan fingerprint density at radius 1 is 1.35 bits per heavy atom. The first-order valence-electron chi connectivity index (χ1n) is 7.81. The van der Waals surface area contributed by atoms with E-state index in [1.165, 1.54) is 26.1 Å². The highest BCUT2D eigenvalue weighted by atomic mass is 16.5. The quantitative estimate of drug-likeness (QED) is 0.787. The fourth-order valence-corrected chi connectivity index (χ4v) is 2.95. The van der Waals surface area contributed by atoms with Gasteiger partial charge in [0.2, 0.25) is 5.88 Å². The number of methoxy groups -OCH3 is 1. The summed E-state index contributed by atoms with van der Waals surface area (Å²) in [6, 6.07) is 3.29. The Bertz CT molecular complexity index is 672. The van der Waals surface area contributed by atoms with Gasteiger partial charge in [0.05, 0.1) is 23.9 Å². The van der Waals surface area contributed by atoms with Crippen molar-refractivity contribution >= 4 is 5.97 Å². The van der Waals surface area contributed by atoms with E-state index in [1.807, 2.05) is 6.92 Å². The fraction of sp³-hybridized carbons (Fsp3) is 0.471. The summed E-state index contributed by atoms with van der Waals surface area (Å²) in [4.78, 5) is 15.5. The van der Waals surface area contributed by atoms with E-state index in [9.17, 15) is 4.79 Å². The molecule has 23 heavy (non-hydrogen) atoms. The third-order valence-electron chi connectivity index (χ3n) is 4.28. The van der Waals surface area contributed by atoms with Gasteiger partial charge >= 0.3 is 5.97 Å². The fourth-order valence-electron chi connectivity index (χ4n) is 2.95. The van der Waals surface area contributed by atoms with Gasteiger partial charge in [-0.2, -0.15) is 0 Å². The van der Waals surface area contributed by atoms with Crippen molar-refractivity contribution in [2.75, 3.05) is 7.11 Å². The molecule has 0 aliphatic heterocycles. The number of ether oxygens (including phenoxy) is 2. The Hall–Kier alpha value is -2.37. The number of esters is 1. The van der Waals surface area contributed by atoms with Crippen molar-refractivity contribution in [3.8, 4) is 5.88 Å². The van der Waals surface area contributed by atoms with Gasteiger partial charge in [-0.15, -0.1) is 0 Å². The molecule has 0 bridgehead atoms. The van der Waals surface area contributed by atoms with Crippen molar-refractivity contribution in [3.63, 3.8) is 0 Å². The summed E-state index contributed by atoms with van der Waals surface area (Å²) in [5, 5.41) is 4.22. The first-order valence-corrected chi connectivity index (χ1v) is 7.81. The highest BCUT2D eigenvalue weighted by Gasteiger charge is 2.25. The average Bonchev–Trinajstić information content (AvgIpc) is 3.22. The molecular formula is C17H20N2O4. The van der Waals surface area contributed by atoms with Crippen LogP contribution in [-0.4, -0.2) is 23.2 Å². The van der Waals surface area contributed by atoms with Gasteiger partial charge in [0.1, 0.15) is 12.4 Å². The molecule has 1 aliphatic rings. The molecule has 1 fully saturated rings. The van der Waals surface area contributed by atoms with Crippen molar-refractivity contribution in [1.82, 2.24) is 10.1 Å². The van der Waals surface area contributed by atoms with Crippen molar-refractivity contribution in [1.29, 1.82) is 0 Å². The number of carbonyl (C=O) groups excluding carboxylic acids is 1. The number of rotatable bonds is 5. The third-order valence-corrected chi connectivity index (χ3v) is 4.28. The van der Waals surface area contributed by atoms with Crippen LogP contribution in [-0.2, 0) is 11.3 Å². The minimum absolute atomic E-state index is 0.367. The van der Waals surface area contributed by atoms with Gasteiger partial charge in [0, 0.05) is 18.2 Å². The Morgan fingerprint density at radius 3 is 2.78 bits per heavy atom. The Morgan fingerprint density at radius 2 is 2.13 bits per heavy atom. The lowest BCUT2D eigenvalue weighted by Gasteiger charge is -2.09. The standard InChI is InChI=1S/C17H20N2O4/c1-11-14(16(19-23-11)12-5-3-4-6-12)10-22-15-8-7-13(9-18-15)17(20)21-2/h7-9,12H,3-6,10H2,1-2H3. The van der Waals surface area contributed by atoms with Crippen molar-refractivity contribution in [2.24, 2.45) is 0 Å². The van der Waals surface area contributed by atoms with Gasteiger partial charge in [-0.3, -0.25) is 0 Å². The first-order chi connectivity index (χ1) is 11.2. The summed E-state index contributed by atoms with van der Waals surface area (Å²) >= 11 is 0. The zero-order valence-corrected chi connectivity index (χ0v) is 13.4. The van der Waals surface area contributed by atoms with E-state index >= 15 is 0 Å². The Balaban J connectivity index is 1.68. The van der Waals surface area contributed by atoms with Crippen LogP contribution in [0.25, 0.3) is 0 Å². The molecule has 0 saturated heterocycles. The maximum atomic E-state index is 11.4. The highest BCUT2D eigenvalue weighted by molar-refractivity contribution is 5.88. The number of hydrogen-bond donors (Lipinski definition) is 0. The van der Waals surface area contributed by atoms with Crippen LogP contribution in [0.4, 0.5) is 0 Å². The van der Waals surface area contributed by atoms with Crippen LogP contribution in [0.2, 0.25) is 0 Å². The Kier molecular flexibility index (Phi) is 4.60. The average molecular weight is 316 g/mol. The van der Waals surface area contributed by atoms with Crippen molar-refractivity contribution in [3.05, 3.63) is 40.9 Å². The highest BCUT2D eigenvalue weighted by Crippen LogP contribution is 2.36. The predicted molar refractivity (Wildman–Crippen MR) is 82.4 cm³/mol. The minimum atomic E-state index is -0.414. The molecule has 0 spiro atoms. The van der Waals surface area contributed by atoms with Crippen LogP contribution in [0.15, 0.2) is 22.9 Å². The number of pyridine rings is 1.